The first-order valence-corrected chi connectivity index (χ1v) is 19.2. The van der Waals surface area contributed by atoms with E-state index in [1.165, 1.54) is 31.4 Å². The van der Waals surface area contributed by atoms with Crippen LogP contribution in [0.1, 0.15) is 63.0 Å². The number of nitrogens with one attached hydrogen (secondary N) is 1. The van der Waals surface area contributed by atoms with Gasteiger partial charge in [0.25, 0.3) is 0 Å². The van der Waals surface area contributed by atoms with Gasteiger partial charge in [-0.25, -0.2) is 18.8 Å². The average molecular weight is 762 g/mol. The van der Waals surface area contributed by atoms with E-state index in [0.717, 1.165) is 64.7 Å². The van der Waals surface area contributed by atoms with E-state index in [1.54, 1.807) is 11.8 Å². The van der Waals surface area contributed by atoms with Crippen LogP contribution in [0, 0.1) is 29.4 Å². The number of aromatic hydroxyl groups is 1. The van der Waals surface area contributed by atoms with Crippen LogP contribution in [0.5, 0.6) is 11.6 Å². The summed E-state index contributed by atoms with van der Waals surface area (Å²) >= 11 is 0. The fourth-order valence-corrected chi connectivity index (χ4v) is 9.64. The predicted molar refractivity (Wildman–Crippen MR) is 202 cm³/mol. The summed E-state index contributed by atoms with van der Waals surface area (Å²) in [6.45, 7) is 4.41. The lowest BCUT2D eigenvalue weighted by atomic mass is 9.74. The molecular weight excluding hydrogens is 712 g/mol. The first-order valence-electron chi connectivity index (χ1n) is 19.2. The molecule has 4 fully saturated rings. The molecule has 3 saturated heterocycles. The molecule has 294 valence electrons. The van der Waals surface area contributed by atoms with Crippen LogP contribution in [-0.2, 0) is 14.2 Å². The van der Waals surface area contributed by atoms with Crippen LogP contribution >= 0.6 is 0 Å². The second-order valence-corrected chi connectivity index (χ2v) is 15.9. The average Bonchev–Trinajstić information content (AvgIpc) is 3.56. The molecule has 0 spiro atoms. The second-order valence-electron chi connectivity index (χ2n) is 15.9. The summed E-state index contributed by atoms with van der Waals surface area (Å²) in [7, 11) is 1.39. The van der Waals surface area contributed by atoms with Crippen molar-refractivity contribution in [3.05, 3.63) is 47.0 Å². The highest BCUT2D eigenvalue weighted by atomic mass is 19.1. The van der Waals surface area contributed by atoms with Crippen LogP contribution in [0.15, 0.2) is 29.3 Å². The van der Waals surface area contributed by atoms with Crippen molar-refractivity contribution < 1.29 is 43.0 Å². The van der Waals surface area contributed by atoms with Gasteiger partial charge < -0.3 is 44.5 Å². The van der Waals surface area contributed by atoms with Crippen LogP contribution < -0.4 is 10.1 Å². The molecule has 1 saturated carbocycles. The molecule has 2 aromatic carbocycles. The van der Waals surface area contributed by atoms with E-state index in [-0.39, 0.29) is 82.6 Å². The summed E-state index contributed by atoms with van der Waals surface area (Å²) in [4.78, 5) is 14.0. The molecule has 0 amide bonds. The van der Waals surface area contributed by atoms with Crippen molar-refractivity contribution in [2.24, 2.45) is 10.4 Å². The minimum Gasteiger partial charge on any atom is -0.508 e. The first kappa shape index (κ1) is 37.8. The number of hydrogen-bond acceptors (Lipinski definition) is 12. The fourth-order valence-electron chi connectivity index (χ4n) is 9.64. The number of piperidine rings is 1. The minimum atomic E-state index is -1.35. The summed E-state index contributed by atoms with van der Waals surface area (Å²) in [5.74, 6) is 0.902. The topological polar surface area (TPSA) is 141 Å². The molecule has 0 radical (unpaired) electrons. The molecule has 1 unspecified atom stereocenters. The lowest BCUT2D eigenvalue weighted by Crippen LogP contribution is -2.56. The lowest BCUT2D eigenvalue weighted by molar-refractivity contribution is -0.0793. The number of fused-ring (bicyclic) bond motifs is 3. The van der Waals surface area contributed by atoms with Crippen LogP contribution in [0.25, 0.3) is 22.0 Å². The number of phenolic OH excluding ortho intramolecular Hbond substituents is 1. The minimum absolute atomic E-state index is 0.0227. The van der Waals surface area contributed by atoms with Gasteiger partial charge in [0, 0.05) is 48.2 Å². The first-order chi connectivity index (χ1) is 26.5. The fraction of sp³-hybridized carbons (Fsp3) is 0.561. The number of likely N-dealkylation sites (tertiary alicyclic amines) is 1. The number of rotatable bonds is 7. The number of terminal acetylenes is 1. The summed E-state index contributed by atoms with van der Waals surface area (Å²) in [6, 6.07) is 6.21. The molecule has 5 atom stereocenters. The summed E-state index contributed by atoms with van der Waals surface area (Å²) in [5.41, 5.74) is -1.59. The Bertz CT molecular complexity index is 2020. The van der Waals surface area contributed by atoms with Crippen molar-refractivity contribution in [1.29, 1.82) is 0 Å². The number of β-amino-alcohol motifs (C(OH)–C–C–N with tert-alkyl or cyclic N) is 1. The number of ether oxygens (including phenoxy) is 4. The Hall–Kier alpha value is -4.10. The van der Waals surface area contributed by atoms with Crippen LogP contribution in [0.3, 0.4) is 0 Å². The summed E-state index contributed by atoms with van der Waals surface area (Å²) in [5, 5.41) is 36.0. The molecule has 8 rings (SSSR count). The smallest absolute Gasteiger partial charge is 0.227 e. The maximum Gasteiger partial charge on any atom is 0.227 e. The van der Waals surface area contributed by atoms with E-state index < -0.39 is 29.7 Å². The number of pyridine rings is 1. The largest absolute Gasteiger partial charge is 0.508 e. The third kappa shape index (κ3) is 7.00. The Kier molecular flexibility index (Phi) is 10.4. The highest BCUT2D eigenvalue weighted by molar-refractivity contribution is 6.08. The van der Waals surface area contributed by atoms with Crippen LogP contribution in [0.2, 0.25) is 0 Å². The monoisotopic (exact) mass is 761 g/mol. The Labute approximate surface area is 319 Å². The standard InChI is InChI=1S/C41H49F2N5O7/c1-4-28-30(42)9-8-24-17-26(50)18-29(32(24)28)35-34(43)36-33(38(44-35)52-3)37(47-19-27(20-49)54-22-40(2,51)21-47)46-39(45-36)55-23-41-12-5-7-31(41)48(14-6-13-41)25-10-15-53-16-11-25/h1,8-9,17-18,25,27,31,39,45,49-51H,5-7,10-16,19-23H2,2-3H3/t27-,31-,39?,40+,41-/m1/s1. The molecule has 3 aromatic rings. The van der Waals surface area contributed by atoms with Gasteiger partial charge in [0.1, 0.15) is 34.3 Å². The maximum atomic E-state index is 17.4. The van der Waals surface area contributed by atoms with Gasteiger partial charge in [-0.15, -0.1) is 6.42 Å². The van der Waals surface area contributed by atoms with E-state index in [0.29, 0.717) is 24.1 Å². The molecule has 5 heterocycles. The summed E-state index contributed by atoms with van der Waals surface area (Å²) in [6.07, 6.45) is 11.3. The summed E-state index contributed by atoms with van der Waals surface area (Å²) < 4.78 is 56.6. The third-order valence-corrected chi connectivity index (χ3v) is 12.1. The quantitative estimate of drug-likeness (QED) is 0.251. The van der Waals surface area contributed by atoms with Gasteiger partial charge in [-0.1, -0.05) is 18.4 Å². The Morgan fingerprint density at radius 3 is 2.71 bits per heavy atom. The van der Waals surface area contributed by atoms with Gasteiger partial charge in [-0.3, -0.25) is 4.90 Å². The van der Waals surface area contributed by atoms with Crippen molar-refractivity contribution in [2.45, 2.75) is 82.0 Å². The van der Waals surface area contributed by atoms with Crippen molar-refractivity contribution >= 4 is 22.3 Å². The Morgan fingerprint density at radius 1 is 1.15 bits per heavy atom. The second kappa shape index (κ2) is 15.1. The number of aromatic nitrogens is 1. The van der Waals surface area contributed by atoms with Crippen molar-refractivity contribution in [2.75, 3.05) is 65.1 Å². The third-order valence-electron chi connectivity index (χ3n) is 12.1. The zero-order valence-corrected chi connectivity index (χ0v) is 31.3. The van der Waals surface area contributed by atoms with Gasteiger partial charge in [0.15, 0.2) is 5.82 Å². The number of nitrogens with zero attached hydrogens (tertiary/aromatic N) is 4. The van der Waals surface area contributed by atoms with Crippen molar-refractivity contribution in [3.8, 4) is 35.2 Å². The number of hydrogen-bond donors (Lipinski definition) is 4. The zero-order valence-electron chi connectivity index (χ0n) is 31.3. The van der Waals surface area contributed by atoms with E-state index in [2.05, 4.69) is 21.1 Å². The number of aliphatic hydroxyl groups is 2. The number of amidine groups is 1. The van der Waals surface area contributed by atoms with Gasteiger partial charge in [0.05, 0.1) is 50.8 Å². The zero-order chi connectivity index (χ0) is 38.5. The van der Waals surface area contributed by atoms with E-state index in [1.807, 2.05) is 0 Å². The molecule has 5 aliphatic rings. The SMILES string of the molecule is C#Cc1c(F)ccc2cc(O)cc(-c3nc(OC)c4c(c3F)NC(OC[C@]35CCC[C@H]3N(C3CCOCC3)CCC5)N=C4N3C[C@H](CO)OC[C@@](C)(O)C3)c12. The highest BCUT2D eigenvalue weighted by Crippen LogP contribution is 2.50. The highest BCUT2D eigenvalue weighted by Gasteiger charge is 2.50. The molecule has 4 N–H and O–H groups in total. The molecule has 14 heteroatoms. The van der Waals surface area contributed by atoms with Crippen LogP contribution in [-0.4, -0.2) is 126 Å². The Balaban J connectivity index is 1.23. The van der Waals surface area contributed by atoms with Crippen LogP contribution in [0.4, 0.5) is 14.5 Å². The number of aliphatic hydroxyl groups excluding tert-OH is 1. The maximum absolute atomic E-state index is 17.4. The van der Waals surface area contributed by atoms with E-state index >= 15 is 8.78 Å². The number of halogens is 2. The predicted octanol–water partition coefficient (Wildman–Crippen LogP) is 4.61. The molecule has 0 bridgehead atoms. The molecular formula is C41H49F2N5O7. The normalized spacial score (nSPS) is 28.9. The Morgan fingerprint density at radius 2 is 1.95 bits per heavy atom. The van der Waals surface area contributed by atoms with Crippen molar-refractivity contribution in [1.82, 2.24) is 14.8 Å². The molecule has 4 aliphatic heterocycles. The number of anilines is 1. The number of benzene rings is 2. The van der Waals surface area contributed by atoms with Gasteiger partial charge in [-0.05, 0) is 75.6 Å². The number of methoxy groups -OCH3 is 1. The van der Waals surface area contributed by atoms with Crippen molar-refractivity contribution in [3.63, 3.8) is 0 Å². The van der Waals surface area contributed by atoms with Gasteiger partial charge in [0.2, 0.25) is 12.2 Å². The molecule has 12 nitrogen and oxygen atoms in total. The molecule has 55 heavy (non-hydrogen) atoms. The lowest BCUT2D eigenvalue weighted by Gasteiger charge is -2.50. The van der Waals surface area contributed by atoms with E-state index in [9.17, 15) is 15.3 Å². The molecule has 1 aromatic heterocycles. The number of phenols is 1. The number of aliphatic imine (C=N–C) groups is 1. The molecule has 1 aliphatic carbocycles. The van der Waals surface area contributed by atoms with E-state index in [4.69, 9.17) is 30.4 Å². The van der Waals surface area contributed by atoms with Gasteiger partial charge in [-0.2, -0.15) is 0 Å². The van der Waals surface area contributed by atoms with Gasteiger partial charge >= 0.3 is 0 Å².